The lowest BCUT2D eigenvalue weighted by atomic mass is 9.74. The minimum absolute atomic E-state index is 0.136. The molecule has 1 aromatic rings. The molecule has 2 fully saturated rings. The molecule has 2 aliphatic rings. The Labute approximate surface area is 159 Å². The Bertz CT molecular complexity index is 702. The Hall–Kier alpha value is -2.30. The number of nitriles is 1. The highest BCUT2D eigenvalue weighted by Gasteiger charge is 2.37. The quantitative estimate of drug-likeness (QED) is 0.587. The van der Waals surface area contributed by atoms with Crippen molar-refractivity contribution in [1.29, 1.82) is 5.26 Å². The van der Waals surface area contributed by atoms with Crippen molar-refractivity contribution in [1.82, 2.24) is 10.4 Å². The van der Waals surface area contributed by atoms with Crippen LogP contribution in [0.4, 0.5) is 0 Å². The van der Waals surface area contributed by atoms with Crippen LogP contribution in [0.15, 0.2) is 18.2 Å². The van der Waals surface area contributed by atoms with E-state index >= 15 is 0 Å². The first-order chi connectivity index (χ1) is 13.1. The lowest BCUT2D eigenvalue weighted by molar-refractivity contribution is -0.130. The highest BCUT2D eigenvalue weighted by Crippen LogP contribution is 2.40. The topological polar surface area (TPSA) is 94.8 Å². The van der Waals surface area contributed by atoms with E-state index in [-0.39, 0.29) is 12.6 Å². The highest BCUT2D eigenvalue weighted by atomic mass is 16.5. The Morgan fingerprint density at radius 3 is 2.63 bits per heavy atom. The largest absolute Gasteiger partial charge is 0.493 e. The third kappa shape index (κ3) is 4.34. The van der Waals surface area contributed by atoms with Crippen molar-refractivity contribution >= 4 is 5.91 Å². The number of methoxy groups -OCH3 is 1. The average molecular weight is 373 g/mol. The van der Waals surface area contributed by atoms with Crippen LogP contribution in [0.3, 0.4) is 0 Å². The van der Waals surface area contributed by atoms with Gasteiger partial charge in [-0.05, 0) is 56.2 Å². The Morgan fingerprint density at radius 2 is 2.04 bits per heavy atom. The van der Waals surface area contributed by atoms with Crippen molar-refractivity contribution in [3.63, 3.8) is 0 Å². The Morgan fingerprint density at radius 1 is 1.33 bits per heavy atom. The van der Waals surface area contributed by atoms with Crippen LogP contribution in [0.5, 0.6) is 11.5 Å². The second-order valence-electron chi connectivity index (χ2n) is 7.39. The smallest absolute Gasteiger partial charge is 0.257 e. The maximum Gasteiger partial charge on any atom is 0.257 e. The summed E-state index contributed by atoms with van der Waals surface area (Å²) in [6.45, 7) is 1.37. The molecule has 3 rings (SSSR count). The number of ether oxygens (including phenoxy) is 2. The van der Waals surface area contributed by atoms with Crippen LogP contribution in [-0.2, 0) is 10.2 Å². The van der Waals surface area contributed by atoms with Crippen molar-refractivity contribution < 1.29 is 19.5 Å². The average Bonchev–Trinajstić information content (AvgIpc) is 3.21. The van der Waals surface area contributed by atoms with Crippen LogP contribution in [0, 0.1) is 11.3 Å². The van der Waals surface area contributed by atoms with E-state index in [1.165, 1.54) is 12.8 Å². The molecule has 1 aromatic carbocycles. The molecule has 146 valence electrons. The van der Waals surface area contributed by atoms with Gasteiger partial charge in [0.2, 0.25) is 0 Å². The van der Waals surface area contributed by atoms with Gasteiger partial charge in [-0.3, -0.25) is 14.9 Å². The van der Waals surface area contributed by atoms with Gasteiger partial charge in [0.15, 0.2) is 11.5 Å². The molecule has 0 atom stereocenters. The van der Waals surface area contributed by atoms with Crippen LogP contribution in [0.25, 0.3) is 0 Å². The molecular weight excluding hydrogens is 346 g/mol. The number of nitrogens with one attached hydrogen (secondary N) is 1. The van der Waals surface area contributed by atoms with E-state index in [0.717, 1.165) is 18.4 Å². The zero-order chi connectivity index (χ0) is 19.3. The van der Waals surface area contributed by atoms with Crippen molar-refractivity contribution in [3.05, 3.63) is 23.8 Å². The zero-order valence-electron chi connectivity index (χ0n) is 15.7. The standard InChI is InChI=1S/C20H27N3O4/c1-26-17-7-6-15(12-18(17)27-16-4-2-3-5-16)20(14-21)8-10-23(11-9-20)13-19(24)22-25/h6-7,12,16,25H,2-5,8-11,13H2,1H3,(H,22,24). The van der Waals surface area contributed by atoms with Crippen LogP contribution < -0.4 is 15.0 Å². The Kier molecular flexibility index (Phi) is 6.19. The summed E-state index contributed by atoms with van der Waals surface area (Å²) in [5.41, 5.74) is 1.99. The zero-order valence-corrected chi connectivity index (χ0v) is 15.7. The summed E-state index contributed by atoms with van der Waals surface area (Å²) < 4.78 is 11.6. The fraction of sp³-hybridized carbons (Fsp3) is 0.600. The van der Waals surface area contributed by atoms with Gasteiger partial charge in [0.25, 0.3) is 5.91 Å². The summed E-state index contributed by atoms with van der Waals surface area (Å²) in [7, 11) is 1.63. The number of hydrogen-bond acceptors (Lipinski definition) is 6. The first kappa shape index (κ1) is 19.5. The summed E-state index contributed by atoms with van der Waals surface area (Å²) in [4.78, 5) is 13.3. The highest BCUT2D eigenvalue weighted by molar-refractivity contribution is 5.76. The van der Waals surface area contributed by atoms with Crippen molar-refractivity contribution in [3.8, 4) is 17.6 Å². The van der Waals surface area contributed by atoms with E-state index < -0.39 is 11.3 Å². The van der Waals surface area contributed by atoms with E-state index in [1.54, 1.807) is 12.6 Å². The van der Waals surface area contributed by atoms with E-state index in [9.17, 15) is 10.1 Å². The molecular formula is C20H27N3O4. The number of likely N-dealkylation sites (tertiary alicyclic amines) is 1. The van der Waals surface area contributed by atoms with E-state index in [2.05, 4.69) is 6.07 Å². The predicted molar refractivity (Wildman–Crippen MR) is 98.8 cm³/mol. The molecule has 1 amide bonds. The molecule has 1 heterocycles. The number of carbonyl (C=O) groups is 1. The monoisotopic (exact) mass is 373 g/mol. The van der Waals surface area contributed by atoms with E-state index in [4.69, 9.17) is 14.7 Å². The van der Waals surface area contributed by atoms with E-state index in [0.29, 0.717) is 37.4 Å². The molecule has 1 aliphatic heterocycles. The van der Waals surface area contributed by atoms with E-state index in [1.807, 2.05) is 23.1 Å². The van der Waals surface area contributed by atoms with Crippen LogP contribution in [-0.4, -0.2) is 48.9 Å². The van der Waals surface area contributed by atoms with Crippen LogP contribution >= 0.6 is 0 Å². The van der Waals surface area contributed by atoms with Crippen molar-refractivity contribution in [2.45, 2.75) is 50.0 Å². The van der Waals surface area contributed by atoms with Crippen molar-refractivity contribution in [2.75, 3.05) is 26.7 Å². The SMILES string of the molecule is COc1ccc(C2(C#N)CCN(CC(=O)NO)CC2)cc1OC1CCCC1. The molecule has 0 unspecified atom stereocenters. The molecule has 0 bridgehead atoms. The Balaban J connectivity index is 1.77. The molecule has 1 saturated heterocycles. The molecule has 0 aromatic heterocycles. The number of hydrogen-bond donors (Lipinski definition) is 2. The molecule has 1 saturated carbocycles. The second kappa shape index (κ2) is 8.59. The maximum absolute atomic E-state index is 11.4. The number of nitrogens with zero attached hydrogens (tertiary/aromatic N) is 2. The number of carbonyl (C=O) groups excluding carboxylic acids is 1. The molecule has 7 heteroatoms. The minimum Gasteiger partial charge on any atom is -0.493 e. The first-order valence-corrected chi connectivity index (χ1v) is 9.52. The van der Waals surface area contributed by atoms with Crippen molar-refractivity contribution in [2.24, 2.45) is 0 Å². The first-order valence-electron chi connectivity index (χ1n) is 9.52. The third-order valence-electron chi connectivity index (χ3n) is 5.73. The van der Waals surface area contributed by atoms with Gasteiger partial charge in [0.05, 0.1) is 31.2 Å². The lowest BCUT2D eigenvalue weighted by Crippen LogP contribution is -2.45. The van der Waals surface area contributed by atoms with Gasteiger partial charge in [0, 0.05) is 13.1 Å². The number of hydroxylamine groups is 1. The van der Waals surface area contributed by atoms with Gasteiger partial charge in [-0.15, -0.1) is 0 Å². The third-order valence-corrected chi connectivity index (χ3v) is 5.73. The molecule has 27 heavy (non-hydrogen) atoms. The second-order valence-corrected chi connectivity index (χ2v) is 7.39. The summed E-state index contributed by atoms with van der Waals surface area (Å²) >= 11 is 0. The molecule has 1 aliphatic carbocycles. The van der Waals surface area contributed by atoms with Gasteiger partial charge in [-0.25, -0.2) is 5.48 Å². The normalized spacial score (nSPS) is 20.0. The number of piperidine rings is 1. The maximum atomic E-state index is 11.4. The summed E-state index contributed by atoms with van der Waals surface area (Å²) in [6.07, 6.45) is 5.94. The van der Waals surface area contributed by atoms with Gasteiger partial charge in [0.1, 0.15) is 0 Å². The van der Waals surface area contributed by atoms with Gasteiger partial charge in [-0.2, -0.15) is 5.26 Å². The number of rotatable bonds is 6. The summed E-state index contributed by atoms with van der Waals surface area (Å²) in [6, 6.07) is 8.29. The fourth-order valence-electron chi connectivity index (χ4n) is 4.05. The van der Waals surface area contributed by atoms with Crippen LogP contribution in [0.1, 0.15) is 44.1 Å². The summed E-state index contributed by atoms with van der Waals surface area (Å²) in [5, 5.41) is 18.6. The summed E-state index contributed by atoms with van der Waals surface area (Å²) in [5.74, 6) is 0.963. The number of benzene rings is 1. The predicted octanol–water partition coefficient (Wildman–Crippen LogP) is 2.38. The molecule has 7 nitrogen and oxygen atoms in total. The van der Waals surface area contributed by atoms with Gasteiger partial charge in [-0.1, -0.05) is 6.07 Å². The lowest BCUT2D eigenvalue weighted by Gasteiger charge is -2.37. The van der Waals surface area contributed by atoms with Crippen LogP contribution in [0.2, 0.25) is 0 Å². The fourth-order valence-corrected chi connectivity index (χ4v) is 4.05. The number of amides is 1. The molecule has 0 radical (unpaired) electrons. The molecule has 2 N–H and O–H groups in total. The van der Waals surface area contributed by atoms with Gasteiger partial charge < -0.3 is 9.47 Å². The van der Waals surface area contributed by atoms with Gasteiger partial charge >= 0.3 is 0 Å². The molecule has 0 spiro atoms. The minimum atomic E-state index is -0.605.